The molecule has 0 radical (unpaired) electrons. The Bertz CT molecular complexity index is 3170. The van der Waals surface area contributed by atoms with Crippen LogP contribution in [0.2, 0.25) is 0 Å². The monoisotopic (exact) mass is 972 g/mol. The van der Waals surface area contributed by atoms with Crippen molar-refractivity contribution in [3.05, 3.63) is 193 Å². The number of rotatable bonds is 8. The van der Waals surface area contributed by atoms with Gasteiger partial charge in [-0.25, -0.2) is 4.98 Å². The van der Waals surface area contributed by atoms with Crippen molar-refractivity contribution in [3.8, 4) is 39.6 Å². The van der Waals surface area contributed by atoms with Crippen molar-refractivity contribution in [2.75, 3.05) is 0 Å². The van der Waals surface area contributed by atoms with Gasteiger partial charge >= 0.3 is 32.8 Å². The Morgan fingerprint density at radius 1 is 0.656 bits per heavy atom. The zero-order valence-electron chi connectivity index (χ0n) is 35.7. The maximum Gasteiger partial charge on any atom is 2.00 e. The molecule has 1 aliphatic heterocycles. The molecular weight excluding hydrogens is 928 g/mol. The maximum absolute atomic E-state index is 9.35. The van der Waals surface area contributed by atoms with Crippen LogP contribution in [0.15, 0.2) is 170 Å². The molecule has 3 heterocycles. The Kier molecular flexibility index (Phi) is 10.2. The van der Waals surface area contributed by atoms with E-state index >= 15 is 0 Å². The quantitative estimate of drug-likeness (QED) is 0.112. The van der Waals surface area contributed by atoms with Gasteiger partial charge in [0.25, 0.3) is 5.69 Å². The summed E-state index contributed by atoms with van der Waals surface area (Å²) in [5.41, 5.74) is 11.8. The Hall–Kier alpha value is -6.64. The van der Waals surface area contributed by atoms with Gasteiger partial charge in [-0.3, -0.25) is 0 Å². The molecule has 0 saturated carbocycles. The Balaban J connectivity index is 0.00000490. The molecule has 0 fully saturated rings. The summed E-state index contributed by atoms with van der Waals surface area (Å²) in [5, 5.41) is 2.19. The third-order valence-electron chi connectivity index (χ3n) is 11.3. The van der Waals surface area contributed by atoms with Gasteiger partial charge in [-0.15, -0.1) is 23.6 Å². The molecule has 5 nitrogen and oxygen atoms in total. The number of benzene rings is 7. The second kappa shape index (κ2) is 16.1. The van der Waals surface area contributed by atoms with Crippen LogP contribution < -0.4 is 13.9 Å². The van der Waals surface area contributed by atoms with E-state index in [1.54, 1.807) is 0 Å². The molecule has 1 aliphatic rings. The summed E-state index contributed by atoms with van der Waals surface area (Å²) in [5.74, 6) is 1.03. The largest absolute Gasteiger partial charge is 2.00 e. The fourth-order valence-electron chi connectivity index (χ4n) is 8.31. The van der Waals surface area contributed by atoms with Gasteiger partial charge in [0, 0.05) is 36.2 Å². The predicted octanol–water partition coefficient (Wildman–Crippen LogP) is 14.2. The molecule has 9 aromatic rings. The van der Waals surface area contributed by atoms with Crippen molar-refractivity contribution in [2.45, 2.75) is 45.9 Å². The first-order chi connectivity index (χ1) is 29.5. The Labute approximate surface area is 373 Å². The number of para-hydroxylation sites is 3. The van der Waals surface area contributed by atoms with Crippen LogP contribution in [0.1, 0.15) is 53.0 Å². The van der Waals surface area contributed by atoms with Crippen molar-refractivity contribution in [2.24, 2.45) is 0 Å². The third kappa shape index (κ3) is 7.25. The number of hydrogen-bond acceptors (Lipinski definition) is 2. The van der Waals surface area contributed by atoms with Crippen LogP contribution in [0.3, 0.4) is 0 Å². The molecule has 7 aromatic carbocycles. The van der Waals surface area contributed by atoms with E-state index < -0.39 is 5.89 Å². The van der Waals surface area contributed by atoms with Gasteiger partial charge in [-0.1, -0.05) is 154 Å². The Morgan fingerprint density at radius 3 is 2.02 bits per heavy atom. The number of aromatic nitrogens is 2. The van der Waals surface area contributed by atoms with E-state index in [-0.39, 0.29) is 26.5 Å². The minimum atomic E-state index is -0.912. The van der Waals surface area contributed by atoms with E-state index in [9.17, 15) is 1.37 Å². The predicted molar refractivity (Wildman–Crippen MR) is 247 cm³/mol. The molecule has 0 saturated heterocycles. The fraction of sp³-hybridized carbons (Fsp3) is 0.127. The van der Waals surface area contributed by atoms with Crippen LogP contribution in [0.5, 0.6) is 11.5 Å². The second-order valence-corrected chi connectivity index (χ2v) is 16.5. The summed E-state index contributed by atoms with van der Waals surface area (Å²) in [7, 11) is 0. The fourth-order valence-corrected chi connectivity index (χ4v) is 8.31. The minimum Gasteiger partial charge on any atom is -0.509 e. The number of hydrogen-bond donors (Lipinski definition) is 0. The summed E-state index contributed by atoms with van der Waals surface area (Å²) in [6.45, 7) is 10.5. The van der Waals surface area contributed by atoms with Gasteiger partial charge in [0.1, 0.15) is 11.5 Å². The molecule has 6 heteroatoms. The van der Waals surface area contributed by atoms with Crippen LogP contribution in [0.25, 0.3) is 49.9 Å². The molecule has 2 aromatic heterocycles. The summed E-state index contributed by atoms with van der Waals surface area (Å²) < 4.78 is 22.3. The van der Waals surface area contributed by atoms with E-state index in [0.29, 0.717) is 11.5 Å². The van der Waals surface area contributed by atoms with Crippen molar-refractivity contribution >= 4 is 50.6 Å². The van der Waals surface area contributed by atoms with Crippen molar-refractivity contribution < 1.29 is 27.2 Å². The summed E-state index contributed by atoms with van der Waals surface area (Å²) in [4.78, 5) is 4.85. The molecule has 61 heavy (non-hydrogen) atoms. The third-order valence-corrected chi connectivity index (χ3v) is 11.3. The molecule has 0 amide bonds. The molecular formula is C55H44N4OPt+2. The average molecular weight is 973 g/mol. The van der Waals surface area contributed by atoms with Crippen LogP contribution >= 0.6 is 0 Å². The first-order valence-electron chi connectivity index (χ1n) is 20.9. The zero-order chi connectivity index (χ0) is 41.9. The number of nitrogens with zero attached hydrogens (tertiary/aromatic N) is 4. The van der Waals surface area contributed by atoms with Crippen molar-refractivity contribution in [1.82, 2.24) is 18.7 Å². The van der Waals surface area contributed by atoms with Gasteiger partial charge in [0.05, 0.1) is 11.1 Å². The van der Waals surface area contributed by atoms with E-state index in [2.05, 4.69) is 169 Å². The van der Waals surface area contributed by atoms with Gasteiger partial charge in [-0.2, -0.15) is 12.1 Å². The average Bonchev–Trinajstić information content (AvgIpc) is 3.82. The van der Waals surface area contributed by atoms with Crippen molar-refractivity contribution in [3.63, 3.8) is 0 Å². The number of ether oxygens (including phenoxy) is 1. The van der Waals surface area contributed by atoms with E-state index in [1.807, 2.05) is 67.1 Å². The molecule has 0 atom stereocenters. The van der Waals surface area contributed by atoms with E-state index in [4.69, 9.17) is 9.72 Å². The van der Waals surface area contributed by atoms with Gasteiger partial charge < -0.3 is 9.30 Å². The van der Waals surface area contributed by atoms with Crippen LogP contribution in [0.4, 0.5) is 22.7 Å². The van der Waals surface area contributed by atoms with E-state index in [1.165, 1.54) is 5.56 Å². The van der Waals surface area contributed by atoms with Crippen molar-refractivity contribution in [1.29, 1.82) is 0 Å². The number of pyridine rings is 1. The maximum atomic E-state index is 9.35. The zero-order valence-corrected chi connectivity index (χ0v) is 37.0. The topological polar surface area (TPSA) is 33.1 Å². The smallest absolute Gasteiger partial charge is 0.509 e. The summed E-state index contributed by atoms with van der Waals surface area (Å²) in [6.07, 6.45) is 1.89. The van der Waals surface area contributed by atoms with Gasteiger partial charge in [0.2, 0.25) is 5.69 Å². The van der Waals surface area contributed by atoms with Gasteiger partial charge in [0.15, 0.2) is 0 Å². The first-order valence-corrected chi connectivity index (χ1v) is 20.4. The Morgan fingerprint density at radius 2 is 1.31 bits per heavy atom. The molecule has 10 rings (SSSR count). The summed E-state index contributed by atoms with van der Waals surface area (Å²) >= 11 is 0. The first kappa shape index (κ1) is 38.6. The van der Waals surface area contributed by atoms with Gasteiger partial charge in [-0.05, 0) is 68.3 Å². The molecule has 0 bridgehead atoms. The number of fused-ring (bicyclic) bond motifs is 4. The normalized spacial score (nSPS) is 12.7. The molecule has 0 unspecified atom stereocenters. The van der Waals surface area contributed by atoms with Crippen LogP contribution in [-0.2, 0) is 26.5 Å². The van der Waals surface area contributed by atoms with E-state index in [0.717, 1.165) is 78.2 Å². The van der Waals surface area contributed by atoms with Crippen LogP contribution in [0, 0.1) is 12.1 Å². The standard InChI is InChI=1S/C55H44N4O.Pt/c1-37(2)44-24-16-28-50-54(44)58(53-45(38-17-8-6-9-18-38)25-15-26-46(53)39-19-10-7-11-20-39)36-57(50)41-21-14-22-42(34-41)60-43-29-30-48-47-23-12-13-27-49(47)59(51(48)35-43)52-33-40(31-32-56-52)55(3,4)5;/h6-33,37H,1-5H3;/q;+2/i37D;. The second-order valence-electron chi connectivity index (χ2n) is 16.5. The van der Waals surface area contributed by atoms with Crippen LogP contribution in [-0.4, -0.2) is 15.6 Å². The molecule has 0 spiro atoms. The summed E-state index contributed by atoms with van der Waals surface area (Å²) in [6, 6.07) is 67.2. The SMILES string of the molecule is [2H]C(C)(C)c1cccc2c1[N+](c1c(-c3ccccc3)cccc1-c1ccccc1)=C=[N+]2c1[c-]c(Oc2[c-]c3c(cc2)c2ccccc2n3-c2cc(C(C)(C)C)ccn2)ccc1.[Pt+2]. The molecule has 0 N–H and O–H groups in total. The molecule has 0 aliphatic carbocycles. The molecule has 298 valence electrons. The minimum absolute atomic E-state index is 0.